The Morgan fingerprint density at radius 2 is 2.39 bits per heavy atom. The van der Waals surface area contributed by atoms with Crippen LogP contribution in [0.15, 0.2) is 16.7 Å². The van der Waals surface area contributed by atoms with Gasteiger partial charge in [0, 0.05) is 13.0 Å². The van der Waals surface area contributed by atoms with Crippen LogP contribution in [0, 0.1) is 0 Å². The molecule has 2 rings (SSSR count). The quantitative estimate of drug-likeness (QED) is 0.807. The van der Waals surface area contributed by atoms with E-state index in [0.29, 0.717) is 24.8 Å². The van der Waals surface area contributed by atoms with Crippen LogP contribution in [0.1, 0.15) is 25.7 Å². The minimum absolute atomic E-state index is 0.0662. The van der Waals surface area contributed by atoms with Gasteiger partial charge in [-0.05, 0) is 25.0 Å². The van der Waals surface area contributed by atoms with E-state index in [1.54, 1.807) is 11.9 Å². The van der Waals surface area contributed by atoms with E-state index in [4.69, 9.17) is 4.52 Å². The first-order valence-electron chi connectivity index (χ1n) is 6.16. The van der Waals surface area contributed by atoms with E-state index in [2.05, 4.69) is 22.0 Å². The fourth-order valence-electron chi connectivity index (χ4n) is 2.07. The van der Waals surface area contributed by atoms with Crippen molar-refractivity contribution in [3.05, 3.63) is 18.0 Å². The van der Waals surface area contributed by atoms with Gasteiger partial charge in [-0.25, -0.2) is 0 Å². The maximum Gasteiger partial charge on any atom is 0.272 e. The van der Waals surface area contributed by atoms with Gasteiger partial charge in [0.25, 0.3) is 11.9 Å². The van der Waals surface area contributed by atoms with Gasteiger partial charge in [0.05, 0.1) is 0 Å². The summed E-state index contributed by atoms with van der Waals surface area (Å²) in [5, 5.41) is 6.85. The van der Waals surface area contributed by atoms with Gasteiger partial charge >= 0.3 is 0 Å². The van der Waals surface area contributed by atoms with E-state index in [-0.39, 0.29) is 11.9 Å². The summed E-state index contributed by atoms with van der Waals surface area (Å²) in [5.41, 5.74) is 0.907. The third-order valence-electron chi connectivity index (χ3n) is 3.09. The van der Waals surface area contributed by atoms with Crippen molar-refractivity contribution in [2.24, 2.45) is 0 Å². The molecule has 1 aliphatic heterocycles. The van der Waals surface area contributed by atoms with Crippen LogP contribution in [0.4, 0.5) is 5.95 Å². The lowest BCUT2D eigenvalue weighted by atomic mass is 10.1. The molecule has 98 valence electrons. The number of amides is 1. The molecule has 1 aromatic rings. The predicted octanol–water partition coefficient (Wildman–Crippen LogP) is 0.903. The number of nitrogens with zero attached hydrogens (tertiary/aromatic N) is 3. The third kappa shape index (κ3) is 2.28. The van der Waals surface area contributed by atoms with E-state index < -0.39 is 0 Å². The highest BCUT2D eigenvalue weighted by Gasteiger charge is 2.31. The summed E-state index contributed by atoms with van der Waals surface area (Å²) in [6.07, 6.45) is 2.35. The van der Waals surface area contributed by atoms with Crippen molar-refractivity contribution < 1.29 is 9.32 Å². The molecule has 0 saturated carbocycles. The van der Waals surface area contributed by atoms with Crippen molar-refractivity contribution in [1.82, 2.24) is 15.5 Å². The second kappa shape index (κ2) is 5.30. The number of aryl methyl sites for hydroxylation is 1. The van der Waals surface area contributed by atoms with E-state index in [0.717, 1.165) is 18.4 Å². The molecule has 2 heterocycles. The lowest BCUT2D eigenvalue weighted by Crippen LogP contribution is -2.45. The zero-order chi connectivity index (χ0) is 13.1. The van der Waals surface area contributed by atoms with Gasteiger partial charge < -0.3 is 9.84 Å². The highest BCUT2D eigenvalue weighted by Crippen LogP contribution is 2.20. The summed E-state index contributed by atoms with van der Waals surface area (Å²) >= 11 is 0. The van der Waals surface area contributed by atoms with Crippen molar-refractivity contribution in [1.29, 1.82) is 0 Å². The molecule has 0 spiro atoms. The molecule has 6 nitrogen and oxygen atoms in total. The van der Waals surface area contributed by atoms with Crippen molar-refractivity contribution in [2.45, 2.75) is 32.2 Å². The number of carbonyl (C=O) groups is 1. The fourth-order valence-corrected chi connectivity index (χ4v) is 2.07. The molecule has 0 bridgehead atoms. The van der Waals surface area contributed by atoms with Crippen LogP contribution in [0.5, 0.6) is 0 Å². The number of carbonyl (C=O) groups excluding carboxylic acids is 1. The number of likely N-dealkylation sites (N-methyl/N-ethyl adjacent to an activating group) is 1. The molecule has 1 aromatic heterocycles. The lowest BCUT2D eigenvalue weighted by Gasteiger charge is -2.20. The third-order valence-corrected chi connectivity index (χ3v) is 3.09. The van der Waals surface area contributed by atoms with Gasteiger partial charge in [-0.1, -0.05) is 19.1 Å². The largest absolute Gasteiger partial charge is 0.337 e. The van der Waals surface area contributed by atoms with Gasteiger partial charge in [0.1, 0.15) is 6.04 Å². The summed E-state index contributed by atoms with van der Waals surface area (Å²) in [7, 11) is 1.75. The molecule has 18 heavy (non-hydrogen) atoms. The summed E-state index contributed by atoms with van der Waals surface area (Å²) in [4.78, 5) is 18.1. The van der Waals surface area contributed by atoms with Gasteiger partial charge in [-0.15, -0.1) is 0 Å². The zero-order valence-corrected chi connectivity index (χ0v) is 10.8. The Morgan fingerprint density at radius 3 is 3.00 bits per heavy atom. The minimum atomic E-state index is -0.365. The van der Waals surface area contributed by atoms with E-state index in [1.807, 2.05) is 6.92 Å². The Hall–Kier alpha value is -1.69. The predicted molar refractivity (Wildman–Crippen MR) is 67.3 cm³/mol. The SMILES string of the molecule is C=C1CCCN(c2noc(CC)n2)C(=O)C1NC. The summed E-state index contributed by atoms with van der Waals surface area (Å²) < 4.78 is 5.05. The van der Waals surface area contributed by atoms with Crippen LogP contribution < -0.4 is 10.2 Å². The molecular formula is C12H18N4O2. The zero-order valence-electron chi connectivity index (χ0n) is 10.8. The molecule has 0 aromatic carbocycles. The van der Waals surface area contributed by atoms with E-state index >= 15 is 0 Å². The van der Waals surface area contributed by atoms with Gasteiger partial charge in [0.15, 0.2) is 0 Å². The second-order valence-corrected chi connectivity index (χ2v) is 4.32. The van der Waals surface area contributed by atoms with Crippen molar-refractivity contribution >= 4 is 11.9 Å². The molecule has 0 radical (unpaired) electrons. The van der Waals surface area contributed by atoms with E-state index in [9.17, 15) is 4.79 Å². The van der Waals surface area contributed by atoms with Crippen LogP contribution in [-0.2, 0) is 11.2 Å². The number of anilines is 1. The smallest absolute Gasteiger partial charge is 0.272 e. The minimum Gasteiger partial charge on any atom is -0.337 e. The monoisotopic (exact) mass is 250 g/mol. The summed E-state index contributed by atoms with van der Waals surface area (Å²) in [6, 6.07) is -0.365. The summed E-state index contributed by atoms with van der Waals surface area (Å²) in [6.45, 7) is 6.48. The Morgan fingerprint density at radius 1 is 1.61 bits per heavy atom. The molecule has 0 aliphatic carbocycles. The maximum absolute atomic E-state index is 12.4. The first-order chi connectivity index (χ1) is 8.67. The topological polar surface area (TPSA) is 71.3 Å². The van der Waals surface area contributed by atoms with Crippen LogP contribution in [0.3, 0.4) is 0 Å². The van der Waals surface area contributed by atoms with Crippen LogP contribution >= 0.6 is 0 Å². The molecule has 1 fully saturated rings. The molecule has 1 amide bonds. The van der Waals surface area contributed by atoms with E-state index in [1.165, 1.54) is 0 Å². The molecule has 1 N–H and O–H groups in total. The Bertz CT molecular complexity index is 455. The highest BCUT2D eigenvalue weighted by molar-refractivity contribution is 5.98. The average molecular weight is 250 g/mol. The first-order valence-corrected chi connectivity index (χ1v) is 6.16. The summed E-state index contributed by atoms with van der Waals surface area (Å²) in [5.74, 6) is 0.831. The normalized spacial score (nSPS) is 21.2. The van der Waals surface area contributed by atoms with Crippen molar-refractivity contribution in [3.8, 4) is 0 Å². The standard InChI is InChI=1S/C12H18N4O2/c1-4-9-14-12(15-18-9)16-7-5-6-8(2)10(13-3)11(16)17/h10,13H,2,4-7H2,1,3H3. The average Bonchev–Trinajstić information content (AvgIpc) is 2.78. The van der Waals surface area contributed by atoms with Crippen LogP contribution in [-0.4, -0.2) is 35.7 Å². The van der Waals surface area contributed by atoms with Crippen molar-refractivity contribution in [2.75, 3.05) is 18.5 Å². The number of hydrogen-bond donors (Lipinski definition) is 1. The Balaban J connectivity index is 2.26. The molecule has 1 atom stereocenters. The first kappa shape index (κ1) is 12.8. The molecular weight excluding hydrogens is 232 g/mol. The van der Waals surface area contributed by atoms with Gasteiger partial charge in [-0.2, -0.15) is 4.98 Å². The number of nitrogens with one attached hydrogen (secondary N) is 1. The van der Waals surface area contributed by atoms with Gasteiger partial charge in [0.2, 0.25) is 5.89 Å². The molecule has 1 aliphatic rings. The Labute approximate surface area is 106 Å². The van der Waals surface area contributed by atoms with Crippen LogP contribution in [0.25, 0.3) is 0 Å². The maximum atomic E-state index is 12.4. The Kier molecular flexibility index (Phi) is 3.76. The van der Waals surface area contributed by atoms with Crippen LogP contribution in [0.2, 0.25) is 0 Å². The molecule has 1 saturated heterocycles. The number of hydrogen-bond acceptors (Lipinski definition) is 5. The lowest BCUT2D eigenvalue weighted by molar-refractivity contribution is -0.119. The highest BCUT2D eigenvalue weighted by atomic mass is 16.5. The fraction of sp³-hybridized carbons (Fsp3) is 0.583. The molecule has 6 heteroatoms. The number of aromatic nitrogens is 2. The second-order valence-electron chi connectivity index (χ2n) is 4.32. The van der Waals surface area contributed by atoms with Gasteiger partial charge in [-0.3, -0.25) is 9.69 Å². The molecule has 1 unspecified atom stereocenters. The number of rotatable bonds is 3. The van der Waals surface area contributed by atoms with Crippen molar-refractivity contribution in [3.63, 3.8) is 0 Å².